The van der Waals surface area contributed by atoms with Crippen LogP contribution in [0.2, 0.25) is 0 Å². The Morgan fingerprint density at radius 2 is 1.88 bits per heavy atom. The van der Waals surface area contributed by atoms with E-state index in [4.69, 9.17) is 4.42 Å². The van der Waals surface area contributed by atoms with Crippen molar-refractivity contribution in [3.05, 3.63) is 48.2 Å². The average molecular weight is 214 g/mol. The van der Waals surface area contributed by atoms with Crippen molar-refractivity contribution in [2.75, 3.05) is 19.0 Å². The molecule has 0 radical (unpaired) electrons. The Balaban J connectivity index is 2.11. The first-order chi connectivity index (χ1) is 7.75. The summed E-state index contributed by atoms with van der Waals surface area (Å²) < 4.78 is 5.11. The van der Waals surface area contributed by atoms with Crippen LogP contribution in [-0.2, 0) is 0 Å². The second-order valence-electron chi connectivity index (χ2n) is 3.69. The first-order valence-corrected chi connectivity index (χ1v) is 5.11. The summed E-state index contributed by atoms with van der Waals surface area (Å²) in [6.45, 7) is 0. The Hall–Kier alpha value is -2.03. The predicted octanol–water partition coefficient (Wildman–Crippen LogP) is 2.91. The van der Waals surface area contributed by atoms with Gasteiger partial charge in [-0.15, -0.1) is 0 Å². The number of benzene rings is 1. The topological polar surface area (TPSA) is 29.3 Å². The smallest absolute Gasteiger partial charge is 0.218 e. The van der Waals surface area contributed by atoms with Crippen molar-refractivity contribution in [1.82, 2.24) is 4.98 Å². The van der Waals surface area contributed by atoms with Crippen LogP contribution in [0, 0.1) is 0 Å². The van der Waals surface area contributed by atoms with Crippen LogP contribution >= 0.6 is 0 Å². The van der Waals surface area contributed by atoms with E-state index < -0.39 is 0 Å². The van der Waals surface area contributed by atoms with Crippen molar-refractivity contribution in [3.63, 3.8) is 0 Å². The lowest BCUT2D eigenvalue weighted by Crippen LogP contribution is -2.07. The molecule has 0 aliphatic carbocycles. The first kappa shape index (κ1) is 10.5. The SMILES string of the molecule is CN(C)c1ccc(C=Cc2ncco2)cc1. The van der Waals surface area contributed by atoms with Gasteiger partial charge in [-0.1, -0.05) is 12.1 Å². The molecule has 3 heteroatoms. The Bertz CT molecular complexity index is 455. The van der Waals surface area contributed by atoms with E-state index in [9.17, 15) is 0 Å². The minimum atomic E-state index is 0.622. The van der Waals surface area contributed by atoms with Gasteiger partial charge in [0.1, 0.15) is 6.26 Å². The normalized spacial score (nSPS) is 10.9. The molecular formula is C13H14N2O. The van der Waals surface area contributed by atoms with Crippen LogP contribution in [0.5, 0.6) is 0 Å². The molecule has 0 N–H and O–H groups in total. The molecule has 0 saturated heterocycles. The molecule has 0 amide bonds. The highest BCUT2D eigenvalue weighted by Crippen LogP contribution is 2.14. The van der Waals surface area contributed by atoms with Crippen molar-refractivity contribution < 1.29 is 4.42 Å². The van der Waals surface area contributed by atoms with Crippen LogP contribution < -0.4 is 4.90 Å². The van der Waals surface area contributed by atoms with Gasteiger partial charge in [0, 0.05) is 25.9 Å². The average Bonchev–Trinajstić information content (AvgIpc) is 2.80. The molecule has 2 rings (SSSR count). The zero-order chi connectivity index (χ0) is 11.4. The number of hydrogen-bond donors (Lipinski definition) is 0. The van der Waals surface area contributed by atoms with Crippen molar-refractivity contribution >= 4 is 17.8 Å². The van der Waals surface area contributed by atoms with E-state index >= 15 is 0 Å². The van der Waals surface area contributed by atoms with E-state index in [0.29, 0.717) is 5.89 Å². The Morgan fingerprint density at radius 1 is 1.12 bits per heavy atom. The van der Waals surface area contributed by atoms with Crippen molar-refractivity contribution in [2.45, 2.75) is 0 Å². The van der Waals surface area contributed by atoms with Gasteiger partial charge < -0.3 is 9.32 Å². The van der Waals surface area contributed by atoms with Crippen LogP contribution in [0.25, 0.3) is 12.2 Å². The molecule has 82 valence electrons. The van der Waals surface area contributed by atoms with E-state index in [-0.39, 0.29) is 0 Å². The minimum Gasteiger partial charge on any atom is -0.445 e. The van der Waals surface area contributed by atoms with Gasteiger partial charge in [0.25, 0.3) is 0 Å². The molecule has 1 aromatic heterocycles. The molecule has 3 nitrogen and oxygen atoms in total. The van der Waals surface area contributed by atoms with Crippen LogP contribution in [0.3, 0.4) is 0 Å². The lowest BCUT2D eigenvalue weighted by Gasteiger charge is -2.11. The molecule has 0 atom stereocenters. The van der Waals surface area contributed by atoms with Gasteiger partial charge in [-0.25, -0.2) is 4.98 Å². The number of aromatic nitrogens is 1. The molecule has 1 heterocycles. The third kappa shape index (κ3) is 2.51. The maximum Gasteiger partial charge on any atom is 0.218 e. The van der Waals surface area contributed by atoms with Crippen molar-refractivity contribution in [2.24, 2.45) is 0 Å². The predicted molar refractivity (Wildman–Crippen MR) is 66.2 cm³/mol. The number of rotatable bonds is 3. The molecule has 0 unspecified atom stereocenters. The zero-order valence-corrected chi connectivity index (χ0v) is 9.42. The summed E-state index contributed by atoms with van der Waals surface area (Å²) in [5, 5.41) is 0. The minimum absolute atomic E-state index is 0.622. The Labute approximate surface area is 95.0 Å². The van der Waals surface area contributed by atoms with Crippen LogP contribution in [0.15, 0.2) is 41.1 Å². The number of anilines is 1. The maximum absolute atomic E-state index is 5.11. The van der Waals surface area contributed by atoms with Crippen molar-refractivity contribution in [1.29, 1.82) is 0 Å². The zero-order valence-electron chi connectivity index (χ0n) is 9.42. The van der Waals surface area contributed by atoms with Gasteiger partial charge in [-0.2, -0.15) is 0 Å². The van der Waals surface area contributed by atoms with Crippen molar-refractivity contribution in [3.8, 4) is 0 Å². The summed E-state index contributed by atoms with van der Waals surface area (Å²) in [4.78, 5) is 6.09. The second-order valence-corrected chi connectivity index (χ2v) is 3.69. The van der Waals surface area contributed by atoms with E-state index in [1.54, 1.807) is 12.5 Å². The van der Waals surface area contributed by atoms with E-state index in [0.717, 1.165) is 5.56 Å². The highest BCUT2D eigenvalue weighted by Gasteiger charge is 1.94. The number of oxazole rings is 1. The third-order valence-electron chi connectivity index (χ3n) is 2.28. The van der Waals surface area contributed by atoms with Gasteiger partial charge in [-0.3, -0.25) is 0 Å². The quantitative estimate of drug-likeness (QED) is 0.786. The van der Waals surface area contributed by atoms with Gasteiger partial charge >= 0.3 is 0 Å². The Morgan fingerprint density at radius 3 is 2.44 bits per heavy atom. The second kappa shape index (κ2) is 4.66. The summed E-state index contributed by atoms with van der Waals surface area (Å²) >= 11 is 0. The molecule has 0 spiro atoms. The van der Waals surface area contributed by atoms with E-state index in [2.05, 4.69) is 34.1 Å². The highest BCUT2D eigenvalue weighted by atomic mass is 16.3. The molecule has 1 aromatic carbocycles. The van der Waals surface area contributed by atoms with Gasteiger partial charge in [0.15, 0.2) is 0 Å². The largest absolute Gasteiger partial charge is 0.445 e. The molecular weight excluding hydrogens is 200 g/mol. The van der Waals surface area contributed by atoms with Crippen LogP contribution in [0.1, 0.15) is 11.5 Å². The fourth-order valence-electron chi connectivity index (χ4n) is 1.37. The monoisotopic (exact) mass is 214 g/mol. The Kier molecular flexibility index (Phi) is 3.05. The fraction of sp³-hybridized carbons (Fsp3) is 0.154. The van der Waals surface area contributed by atoms with Gasteiger partial charge in [-0.05, 0) is 23.8 Å². The molecule has 0 fully saturated rings. The fourth-order valence-corrected chi connectivity index (χ4v) is 1.37. The highest BCUT2D eigenvalue weighted by molar-refractivity contribution is 5.67. The molecule has 2 aromatic rings. The maximum atomic E-state index is 5.11. The van der Waals surface area contributed by atoms with Crippen LogP contribution in [0.4, 0.5) is 5.69 Å². The van der Waals surface area contributed by atoms with E-state index in [1.807, 2.05) is 26.2 Å². The summed E-state index contributed by atoms with van der Waals surface area (Å²) in [6.07, 6.45) is 7.03. The summed E-state index contributed by atoms with van der Waals surface area (Å²) in [5.74, 6) is 0.622. The number of hydrogen-bond acceptors (Lipinski definition) is 3. The first-order valence-electron chi connectivity index (χ1n) is 5.11. The third-order valence-corrected chi connectivity index (χ3v) is 2.28. The lowest BCUT2D eigenvalue weighted by atomic mass is 10.2. The molecule has 0 saturated carbocycles. The van der Waals surface area contributed by atoms with Crippen LogP contribution in [-0.4, -0.2) is 19.1 Å². The lowest BCUT2D eigenvalue weighted by molar-refractivity contribution is 0.547. The summed E-state index contributed by atoms with van der Waals surface area (Å²) in [5.41, 5.74) is 2.32. The van der Waals surface area contributed by atoms with Gasteiger partial charge in [0.2, 0.25) is 5.89 Å². The summed E-state index contributed by atoms with van der Waals surface area (Å²) in [6, 6.07) is 8.29. The molecule has 0 bridgehead atoms. The summed E-state index contributed by atoms with van der Waals surface area (Å²) in [7, 11) is 4.05. The molecule has 16 heavy (non-hydrogen) atoms. The number of nitrogens with zero attached hydrogens (tertiary/aromatic N) is 2. The molecule has 0 aliphatic rings. The molecule has 0 aliphatic heterocycles. The van der Waals surface area contributed by atoms with E-state index in [1.165, 1.54) is 5.69 Å². The standard InChI is InChI=1S/C13H14N2O/c1-15(2)12-6-3-11(4-7-12)5-8-13-14-9-10-16-13/h3-10H,1-2H3. The van der Waals surface area contributed by atoms with Gasteiger partial charge in [0.05, 0.1) is 6.20 Å².